The summed E-state index contributed by atoms with van der Waals surface area (Å²) in [4.78, 5) is 3.22. The predicted molar refractivity (Wildman–Crippen MR) is 50.3 cm³/mol. The third-order valence-corrected chi connectivity index (χ3v) is 2.02. The van der Waals surface area contributed by atoms with E-state index in [0.29, 0.717) is 0 Å². The maximum absolute atomic E-state index is 8.96. The van der Waals surface area contributed by atoms with Crippen molar-refractivity contribution in [2.45, 2.75) is 5.66 Å². The molecule has 0 bridgehead atoms. The molecule has 5 nitrogen and oxygen atoms in total. The van der Waals surface area contributed by atoms with Gasteiger partial charge in [-0.15, -0.1) is 5.11 Å². The zero-order valence-corrected chi connectivity index (χ0v) is 8.46. The summed E-state index contributed by atoms with van der Waals surface area (Å²) in [6.45, 7) is 0. The van der Waals surface area contributed by atoms with E-state index < -0.39 is 5.66 Å². The standard InChI is InChI=1S/C9H8N5.ClH/c10-8-6-9(13-11,14-12-8)7-4-2-1-3-5-7;/h1-6H,10H2;1H/q+1;/p-1. The Morgan fingerprint density at radius 1 is 1.27 bits per heavy atom. The van der Waals surface area contributed by atoms with Crippen molar-refractivity contribution in [2.75, 3.05) is 0 Å². The lowest BCUT2D eigenvalue weighted by molar-refractivity contribution is -0.00000327. The van der Waals surface area contributed by atoms with Crippen LogP contribution in [0.1, 0.15) is 5.56 Å². The number of benzene rings is 1. The first-order valence-corrected chi connectivity index (χ1v) is 4.10. The minimum absolute atomic E-state index is 0. The highest BCUT2D eigenvalue weighted by molar-refractivity contribution is 5.35. The molecule has 0 aromatic heterocycles. The molecule has 0 amide bonds. The highest BCUT2D eigenvalue weighted by Gasteiger charge is 2.48. The van der Waals surface area contributed by atoms with E-state index in [1.165, 1.54) is 6.08 Å². The van der Waals surface area contributed by atoms with Gasteiger partial charge < -0.3 is 18.1 Å². The summed E-state index contributed by atoms with van der Waals surface area (Å²) < 4.78 is 0. The molecule has 0 radical (unpaired) electrons. The van der Waals surface area contributed by atoms with Gasteiger partial charge in [0, 0.05) is 0 Å². The lowest BCUT2D eigenvalue weighted by Crippen LogP contribution is -3.00. The minimum Gasteiger partial charge on any atom is -1.00 e. The summed E-state index contributed by atoms with van der Waals surface area (Å²) in [5.41, 5.74) is 5.03. The number of azo groups is 1. The minimum atomic E-state index is -1.15. The normalized spacial score (nSPS) is 22.7. The van der Waals surface area contributed by atoms with Crippen LogP contribution < -0.4 is 18.1 Å². The van der Waals surface area contributed by atoms with E-state index in [-0.39, 0.29) is 18.2 Å². The van der Waals surface area contributed by atoms with Gasteiger partial charge in [-0.25, -0.2) is 0 Å². The molecule has 0 fully saturated rings. The van der Waals surface area contributed by atoms with Gasteiger partial charge in [0.25, 0.3) is 0 Å². The largest absolute Gasteiger partial charge is 1.00 e. The predicted octanol–water partition coefficient (Wildman–Crippen LogP) is -1.04. The molecule has 15 heavy (non-hydrogen) atoms. The molecule has 2 rings (SSSR count). The van der Waals surface area contributed by atoms with Gasteiger partial charge in [0.15, 0.2) is 10.8 Å². The number of halogens is 1. The topological polar surface area (TPSA) is 78.9 Å². The maximum Gasteiger partial charge on any atom is 0.480 e. The van der Waals surface area contributed by atoms with Gasteiger partial charge in [0.2, 0.25) is 5.39 Å². The molecule has 1 aliphatic heterocycles. The van der Waals surface area contributed by atoms with Gasteiger partial charge in [-0.3, -0.25) is 0 Å². The summed E-state index contributed by atoms with van der Waals surface area (Å²) in [6.07, 6.45) is 1.50. The van der Waals surface area contributed by atoms with E-state index in [0.717, 1.165) is 5.56 Å². The summed E-state index contributed by atoms with van der Waals surface area (Å²) in [5, 5.41) is 16.4. The second-order valence-corrected chi connectivity index (χ2v) is 2.96. The van der Waals surface area contributed by atoms with Crippen molar-refractivity contribution in [1.82, 2.24) is 0 Å². The number of nitrogens with zero attached hydrogens (tertiary/aromatic N) is 4. The Morgan fingerprint density at radius 3 is 2.40 bits per heavy atom. The summed E-state index contributed by atoms with van der Waals surface area (Å²) in [6, 6.07) is 9.13. The van der Waals surface area contributed by atoms with Gasteiger partial charge in [0.1, 0.15) is 0 Å². The number of nitrogens with two attached hydrogens (primary N) is 1. The Hall–Kier alpha value is -1.93. The van der Waals surface area contributed by atoms with Crippen molar-refractivity contribution >= 4 is 0 Å². The van der Waals surface area contributed by atoms with E-state index in [4.69, 9.17) is 11.1 Å². The maximum atomic E-state index is 8.96. The van der Waals surface area contributed by atoms with E-state index >= 15 is 0 Å². The van der Waals surface area contributed by atoms with Crippen LogP contribution in [0, 0.1) is 5.39 Å². The highest BCUT2D eigenvalue weighted by Crippen LogP contribution is 2.34. The first kappa shape index (κ1) is 11.1. The molecule has 0 saturated heterocycles. The van der Waals surface area contributed by atoms with Crippen LogP contribution in [0.3, 0.4) is 0 Å². The molecule has 1 aliphatic rings. The number of diazo groups is 1. The van der Waals surface area contributed by atoms with Crippen molar-refractivity contribution in [3.8, 4) is 0 Å². The molecule has 76 valence electrons. The fraction of sp³-hybridized carbons (Fsp3) is 0.111. The van der Waals surface area contributed by atoms with Gasteiger partial charge >= 0.3 is 5.66 Å². The van der Waals surface area contributed by atoms with Crippen LogP contribution in [0.4, 0.5) is 0 Å². The summed E-state index contributed by atoms with van der Waals surface area (Å²) >= 11 is 0. The fourth-order valence-electron chi connectivity index (χ4n) is 1.33. The van der Waals surface area contributed by atoms with Crippen LogP contribution in [0.2, 0.25) is 0 Å². The smallest absolute Gasteiger partial charge is 0.480 e. The molecular weight excluding hydrogens is 214 g/mol. The lowest BCUT2D eigenvalue weighted by atomic mass is 10.0. The van der Waals surface area contributed by atoms with Crippen molar-refractivity contribution in [2.24, 2.45) is 16.0 Å². The third-order valence-electron chi connectivity index (χ3n) is 2.02. The lowest BCUT2D eigenvalue weighted by Gasteiger charge is -2.00. The van der Waals surface area contributed by atoms with Crippen LogP contribution in [0.25, 0.3) is 4.98 Å². The monoisotopic (exact) mass is 221 g/mol. The number of rotatable bonds is 1. The molecule has 1 heterocycles. The van der Waals surface area contributed by atoms with Crippen LogP contribution in [0.15, 0.2) is 52.5 Å². The summed E-state index contributed by atoms with van der Waals surface area (Å²) in [5.74, 6) is 0.256. The molecule has 1 unspecified atom stereocenters. The first-order valence-electron chi connectivity index (χ1n) is 4.10. The van der Waals surface area contributed by atoms with Crippen molar-refractivity contribution in [1.29, 1.82) is 5.39 Å². The summed E-state index contributed by atoms with van der Waals surface area (Å²) in [7, 11) is 0. The number of hydrogen-bond acceptors (Lipinski definition) is 4. The Bertz CT molecular complexity index is 447. The van der Waals surface area contributed by atoms with E-state index in [1.807, 2.05) is 18.2 Å². The zero-order valence-electron chi connectivity index (χ0n) is 7.71. The molecule has 0 saturated carbocycles. The molecular formula is C9H8ClN5. The Morgan fingerprint density at radius 2 is 1.93 bits per heavy atom. The average molecular weight is 222 g/mol. The Balaban J connectivity index is 0.00000112. The molecule has 2 N–H and O–H groups in total. The highest BCUT2D eigenvalue weighted by atomic mass is 35.5. The number of hydrogen-bond donors (Lipinski definition) is 1. The van der Waals surface area contributed by atoms with Crippen molar-refractivity contribution < 1.29 is 12.4 Å². The first-order chi connectivity index (χ1) is 6.77. The van der Waals surface area contributed by atoms with Gasteiger partial charge in [-0.1, -0.05) is 23.3 Å². The van der Waals surface area contributed by atoms with Gasteiger partial charge in [-0.05, 0) is 12.1 Å². The molecule has 0 aliphatic carbocycles. The molecule has 6 heteroatoms. The third kappa shape index (κ3) is 1.80. The van der Waals surface area contributed by atoms with Crippen LogP contribution >= 0.6 is 0 Å². The Kier molecular flexibility index (Phi) is 3.02. The van der Waals surface area contributed by atoms with Crippen LogP contribution in [-0.4, -0.2) is 0 Å². The molecule has 1 aromatic carbocycles. The van der Waals surface area contributed by atoms with E-state index in [2.05, 4.69) is 15.2 Å². The fourth-order valence-corrected chi connectivity index (χ4v) is 1.33. The zero-order chi connectivity index (χ0) is 10.0. The molecule has 0 spiro atoms. The van der Waals surface area contributed by atoms with E-state index in [1.54, 1.807) is 12.1 Å². The Labute approximate surface area is 92.7 Å². The van der Waals surface area contributed by atoms with Gasteiger partial charge in [0.05, 0.1) is 11.6 Å². The SMILES string of the molecule is N#[N+]C1(c2ccccc2)C=C(N)N=N1.[Cl-]. The van der Waals surface area contributed by atoms with Crippen LogP contribution in [0.5, 0.6) is 0 Å². The van der Waals surface area contributed by atoms with Crippen molar-refractivity contribution in [3.05, 3.63) is 52.8 Å². The van der Waals surface area contributed by atoms with Gasteiger partial charge in [-0.2, -0.15) is 0 Å². The molecule has 1 aromatic rings. The van der Waals surface area contributed by atoms with Crippen molar-refractivity contribution in [3.63, 3.8) is 0 Å². The molecule has 1 atom stereocenters. The average Bonchev–Trinajstić information content (AvgIpc) is 2.63. The second-order valence-electron chi connectivity index (χ2n) is 2.96. The van der Waals surface area contributed by atoms with E-state index in [9.17, 15) is 0 Å². The van der Waals surface area contributed by atoms with Crippen LogP contribution in [-0.2, 0) is 5.66 Å². The second kappa shape index (κ2) is 4.07. The quantitative estimate of drug-likeness (QED) is 0.615.